The van der Waals surface area contributed by atoms with Gasteiger partial charge in [-0.25, -0.2) is 4.98 Å². The molecule has 6 nitrogen and oxygen atoms in total. The van der Waals surface area contributed by atoms with E-state index < -0.39 is 0 Å². The van der Waals surface area contributed by atoms with Gasteiger partial charge in [0.15, 0.2) is 5.84 Å². The molecule has 0 aromatic carbocycles. The molecule has 6 heteroatoms. The number of pyridine rings is 1. The summed E-state index contributed by atoms with van der Waals surface area (Å²) in [5.74, 6) is 0.542. The van der Waals surface area contributed by atoms with Crippen molar-refractivity contribution in [1.29, 1.82) is 0 Å². The highest BCUT2D eigenvalue weighted by molar-refractivity contribution is 5.97. The minimum atomic E-state index is 0.0522. The average Bonchev–Trinajstić information content (AvgIpc) is 2.41. The summed E-state index contributed by atoms with van der Waals surface area (Å²) in [6.07, 6.45) is 0. The zero-order valence-corrected chi connectivity index (χ0v) is 13.5. The number of nitrogens with two attached hydrogens (primary N) is 1. The maximum absolute atomic E-state index is 8.74. The van der Waals surface area contributed by atoms with Gasteiger partial charge in [-0.15, -0.1) is 0 Å². The zero-order valence-electron chi connectivity index (χ0n) is 13.5. The fourth-order valence-electron chi connectivity index (χ4n) is 2.29. The molecule has 0 amide bonds. The summed E-state index contributed by atoms with van der Waals surface area (Å²) in [5.41, 5.74) is 6.96. The Morgan fingerprint density at radius 2 is 1.95 bits per heavy atom. The molecule has 1 aromatic rings. The Morgan fingerprint density at radius 3 is 2.48 bits per heavy atom. The lowest BCUT2D eigenvalue weighted by Gasteiger charge is -2.30. The van der Waals surface area contributed by atoms with E-state index in [9.17, 15) is 0 Å². The molecular weight excluding hydrogens is 268 g/mol. The predicted molar refractivity (Wildman–Crippen MR) is 84.0 cm³/mol. The van der Waals surface area contributed by atoms with Gasteiger partial charge in [-0.2, -0.15) is 0 Å². The largest absolute Gasteiger partial charge is 0.476 e. The van der Waals surface area contributed by atoms with Gasteiger partial charge in [0, 0.05) is 36.0 Å². The summed E-state index contributed by atoms with van der Waals surface area (Å²) in [4.78, 5) is 6.65. The van der Waals surface area contributed by atoms with Crippen LogP contribution in [0.1, 0.15) is 39.0 Å². The predicted octanol–water partition coefficient (Wildman–Crippen LogP) is 1.98. The van der Waals surface area contributed by atoms with Crippen molar-refractivity contribution < 1.29 is 9.94 Å². The first-order valence-electron chi connectivity index (χ1n) is 7.20. The maximum Gasteiger partial charge on any atom is 0.214 e. The third-order valence-corrected chi connectivity index (χ3v) is 3.26. The highest BCUT2D eigenvalue weighted by Gasteiger charge is 2.13. The van der Waals surface area contributed by atoms with Crippen molar-refractivity contribution in [2.75, 3.05) is 13.2 Å². The molecule has 1 aromatic heterocycles. The van der Waals surface area contributed by atoms with E-state index in [0.717, 1.165) is 12.2 Å². The van der Waals surface area contributed by atoms with Crippen LogP contribution in [-0.4, -0.2) is 46.2 Å². The molecule has 0 aliphatic rings. The van der Waals surface area contributed by atoms with Gasteiger partial charge in [-0.05, 0) is 40.7 Å². The molecule has 0 saturated carbocycles. The monoisotopic (exact) mass is 294 g/mol. The van der Waals surface area contributed by atoms with Gasteiger partial charge in [0.25, 0.3) is 0 Å². The van der Waals surface area contributed by atoms with Crippen molar-refractivity contribution in [3.63, 3.8) is 0 Å². The van der Waals surface area contributed by atoms with Gasteiger partial charge < -0.3 is 15.7 Å². The molecule has 3 N–H and O–H groups in total. The fraction of sp³-hybridized carbons (Fsp3) is 0.600. The average molecular weight is 294 g/mol. The molecular formula is C15H26N4O2. The molecule has 0 fully saturated rings. The Bertz CT molecular complexity index is 479. The third-order valence-electron chi connectivity index (χ3n) is 3.26. The molecule has 0 bridgehead atoms. The lowest BCUT2D eigenvalue weighted by atomic mass is 10.2. The van der Waals surface area contributed by atoms with Crippen molar-refractivity contribution in [2.45, 2.75) is 46.7 Å². The summed E-state index contributed by atoms with van der Waals surface area (Å²) in [5, 5.41) is 11.7. The smallest absolute Gasteiger partial charge is 0.214 e. The highest BCUT2D eigenvalue weighted by Crippen LogP contribution is 2.13. The molecule has 21 heavy (non-hydrogen) atoms. The van der Waals surface area contributed by atoms with Crippen LogP contribution in [0.4, 0.5) is 0 Å². The Labute approximate surface area is 126 Å². The van der Waals surface area contributed by atoms with Gasteiger partial charge in [0.05, 0.1) is 0 Å². The number of oxime groups is 1. The van der Waals surface area contributed by atoms with Gasteiger partial charge >= 0.3 is 0 Å². The zero-order chi connectivity index (χ0) is 16.0. The quantitative estimate of drug-likeness (QED) is 0.348. The summed E-state index contributed by atoms with van der Waals surface area (Å²) in [6.45, 7) is 11.9. The van der Waals surface area contributed by atoms with Crippen LogP contribution in [0.3, 0.4) is 0 Å². The van der Waals surface area contributed by atoms with Crippen LogP contribution in [0.2, 0.25) is 0 Å². The summed E-state index contributed by atoms with van der Waals surface area (Å²) < 4.78 is 5.71. The molecule has 0 atom stereocenters. The molecule has 0 unspecified atom stereocenters. The van der Waals surface area contributed by atoms with E-state index in [1.165, 1.54) is 0 Å². The SMILES string of the molecule is Cc1cc(/C(N)=N/O)cc(OCCN(C(C)C)C(C)C)n1. The molecule has 0 spiro atoms. The van der Waals surface area contributed by atoms with E-state index in [1.54, 1.807) is 12.1 Å². The van der Waals surface area contributed by atoms with Crippen molar-refractivity contribution in [3.8, 4) is 5.88 Å². The van der Waals surface area contributed by atoms with Crippen LogP contribution in [0.25, 0.3) is 0 Å². The molecule has 1 heterocycles. The van der Waals surface area contributed by atoms with Crippen molar-refractivity contribution >= 4 is 5.84 Å². The van der Waals surface area contributed by atoms with Crippen molar-refractivity contribution in [3.05, 3.63) is 23.4 Å². The van der Waals surface area contributed by atoms with E-state index >= 15 is 0 Å². The van der Waals surface area contributed by atoms with Crippen LogP contribution < -0.4 is 10.5 Å². The lowest BCUT2D eigenvalue weighted by molar-refractivity contribution is 0.140. The second-order valence-corrected chi connectivity index (χ2v) is 5.59. The van der Waals surface area contributed by atoms with Gasteiger partial charge in [-0.3, -0.25) is 4.90 Å². The highest BCUT2D eigenvalue weighted by atomic mass is 16.5. The number of ether oxygens (including phenoxy) is 1. The minimum absolute atomic E-state index is 0.0522. The van der Waals surface area contributed by atoms with Gasteiger partial charge in [0.1, 0.15) is 6.61 Å². The van der Waals surface area contributed by atoms with Crippen molar-refractivity contribution in [2.24, 2.45) is 10.9 Å². The number of hydrogen-bond acceptors (Lipinski definition) is 5. The topological polar surface area (TPSA) is 84.0 Å². The number of rotatable bonds is 7. The van der Waals surface area contributed by atoms with Crippen LogP contribution in [-0.2, 0) is 0 Å². The second-order valence-electron chi connectivity index (χ2n) is 5.59. The number of aromatic nitrogens is 1. The summed E-state index contributed by atoms with van der Waals surface area (Å²) in [6, 6.07) is 4.35. The Balaban J connectivity index is 2.69. The van der Waals surface area contributed by atoms with E-state index in [4.69, 9.17) is 15.7 Å². The Kier molecular flexibility index (Phi) is 6.42. The maximum atomic E-state index is 8.74. The first kappa shape index (κ1) is 17.2. The molecule has 0 aliphatic carbocycles. The normalized spacial score (nSPS) is 12.5. The van der Waals surface area contributed by atoms with E-state index in [1.807, 2.05) is 6.92 Å². The Hall–Kier alpha value is -1.82. The molecule has 1 rings (SSSR count). The van der Waals surface area contributed by atoms with Crippen LogP contribution in [0.5, 0.6) is 5.88 Å². The summed E-state index contributed by atoms with van der Waals surface area (Å²) >= 11 is 0. The number of hydrogen-bond donors (Lipinski definition) is 2. The second kappa shape index (κ2) is 7.83. The molecule has 0 radical (unpaired) electrons. The number of amidine groups is 1. The minimum Gasteiger partial charge on any atom is -0.476 e. The van der Waals surface area contributed by atoms with Crippen molar-refractivity contribution in [1.82, 2.24) is 9.88 Å². The third kappa shape index (κ3) is 5.23. The van der Waals surface area contributed by atoms with Crippen LogP contribution >= 0.6 is 0 Å². The standard InChI is InChI=1S/C15H26N4O2/c1-10(2)19(11(3)4)6-7-21-14-9-13(15(16)18-20)8-12(5)17-14/h8-11,20H,6-7H2,1-5H3,(H2,16,18). The van der Waals surface area contributed by atoms with Gasteiger partial charge in [0.2, 0.25) is 5.88 Å². The molecule has 118 valence electrons. The number of nitrogens with zero attached hydrogens (tertiary/aromatic N) is 3. The molecule has 0 aliphatic heterocycles. The first-order chi connectivity index (χ1) is 9.85. The Morgan fingerprint density at radius 1 is 1.33 bits per heavy atom. The summed E-state index contributed by atoms with van der Waals surface area (Å²) in [7, 11) is 0. The van der Waals surface area contributed by atoms with E-state index in [0.29, 0.717) is 30.1 Å². The lowest BCUT2D eigenvalue weighted by Crippen LogP contribution is -2.39. The van der Waals surface area contributed by atoms with E-state index in [2.05, 4.69) is 42.7 Å². The van der Waals surface area contributed by atoms with Gasteiger partial charge in [-0.1, -0.05) is 5.16 Å². The first-order valence-corrected chi connectivity index (χ1v) is 7.20. The number of aryl methyl sites for hydroxylation is 1. The fourth-order valence-corrected chi connectivity index (χ4v) is 2.29. The molecule has 0 saturated heterocycles. The van der Waals surface area contributed by atoms with Crippen LogP contribution in [0.15, 0.2) is 17.3 Å². The van der Waals surface area contributed by atoms with Crippen LogP contribution in [0, 0.1) is 6.92 Å². The van der Waals surface area contributed by atoms with E-state index in [-0.39, 0.29) is 5.84 Å².